The number of nitrogens with zero attached hydrogens (tertiary/aromatic N) is 1. The minimum Gasteiger partial charge on any atom is -0.457 e. The third-order valence-corrected chi connectivity index (χ3v) is 3.88. The number of amides is 1. The fourth-order valence-electron chi connectivity index (χ4n) is 2.47. The van der Waals surface area contributed by atoms with E-state index >= 15 is 0 Å². The highest BCUT2D eigenvalue weighted by Gasteiger charge is 2.37. The number of aromatic nitrogens is 1. The highest BCUT2D eigenvalue weighted by molar-refractivity contribution is 6.03. The lowest BCUT2D eigenvalue weighted by molar-refractivity contribution is -0.143. The Hall–Kier alpha value is -3.63. The number of alkyl halides is 6. The number of hydrogen-bond acceptors (Lipinski definition) is 3. The molecular formula is C20H11F7N2O2. The molecule has 0 aliphatic carbocycles. The second-order valence-electron chi connectivity index (χ2n) is 6.16. The summed E-state index contributed by atoms with van der Waals surface area (Å²) in [7, 11) is 0. The molecule has 0 aliphatic rings. The first-order valence-corrected chi connectivity index (χ1v) is 8.43. The van der Waals surface area contributed by atoms with Crippen molar-refractivity contribution in [1.29, 1.82) is 0 Å². The first-order valence-electron chi connectivity index (χ1n) is 8.43. The number of nitrogens with one attached hydrogen (secondary N) is 1. The summed E-state index contributed by atoms with van der Waals surface area (Å²) in [5.41, 5.74) is -3.31. The molecule has 0 bridgehead atoms. The van der Waals surface area contributed by atoms with Crippen LogP contribution in [0.2, 0.25) is 0 Å². The van der Waals surface area contributed by atoms with Gasteiger partial charge in [-0.3, -0.25) is 4.79 Å². The number of hydrogen-bond donors (Lipinski definition) is 1. The predicted octanol–water partition coefficient (Wildman–Crippen LogP) is 6.30. The molecule has 1 N–H and O–H groups in total. The lowest BCUT2D eigenvalue weighted by atomic mass is 10.1. The van der Waals surface area contributed by atoms with Gasteiger partial charge in [-0.2, -0.15) is 26.3 Å². The molecule has 162 valence electrons. The summed E-state index contributed by atoms with van der Waals surface area (Å²) >= 11 is 0. The van der Waals surface area contributed by atoms with Crippen molar-refractivity contribution < 1.29 is 40.3 Å². The van der Waals surface area contributed by atoms with Crippen molar-refractivity contribution in [1.82, 2.24) is 4.98 Å². The van der Waals surface area contributed by atoms with Crippen molar-refractivity contribution >= 4 is 11.6 Å². The standard InChI is InChI=1S/C20H11F7N2O2/c21-16-2-1-7-28-17(16)18(30)29-13-3-5-14(6-4-13)31-15-9-11(19(22,23)24)8-12(10-15)20(25,26)27/h1-10H,(H,29,30). The van der Waals surface area contributed by atoms with Crippen molar-refractivity contribution in [2.45, 2.75) is 12.4 Å². The SMILES string of the molecule is O=C(Nc1ccc(Oc2cc(C(F)(F)F)cc(C(F)(F)F)c2)cc1)c1ncccc1F. The molecule has 2 aromatic carbocycles. The van der Waals surface area contributed by atoms with Gasteiger partial charge in [0, 0.05) is 11.9 Å². The molecule has 0 aliphatic heterocycles. The zero-order valence-corrected chi connectivity index (χ0v) is 15.2. The van der Waals surface area contributed by atoms with Crippen LogP contribution in [-0.4, -0.2) is 10.9 Å². The smallest absolute Gasteiger partial charge is 0.416 e. The Morgan fingerprint density at radius 2 is 1.42 bits per heavy atom. The van der Waals surface area contributed by atoms with E-state index in [0.717, 1.165) is 6.07 Å². The second-order valence-corrected chi connectivity index (χ2v) is 6.16. The number of anilines is 1. The van der Waals surface area contributed by atoms with Crippen LogP contribution in [0.15, 0.2) is 60.8 Å². The summed E-state index contributed by atoms with van der Waals surface area (Å²) in [6, 6.07) is 8.17. The Balaban J connectivity index is 1.79. The molecular weight excluding hydrogens is 433 g/mol. The van der Waals surface area contributed by atoms with Crippen LogP contribution in [0.25, 0.3) is 0 Å². The van der Waals surface area contributed by atoms with E-state index in [1.807, 2.05) is 0 Å². The number of carbonyl (C=O) groups is 1. The number of pyridine rings is 1. The first-order chi connectivity index (χ1) is 14.4. The summed E-state index contributed by atoms with van der Waals surface area (Å²) in [6.45, 7) is 0. The summed E-state index contributed by atoms with van der Waals surface area (Å²) < 4.78 is 96.2. The van der Waals surface area contributed by atoms with Gasteiger partial charge in [0.05, 0.1) is 11.1 Å². The van der Waals surface area contributed by atoms with Gasteiger partial charge in [0.15, 0.2) is 11.5 Å². The third kappa shape index (κ3) is 5.50. The number of ether oxygens (including phenoxy) is 1. The largest absolute Gasteiger partial charge is 0.457 e. The van der Waals surface area contributed by atoms with Crippen molar-refractivity contribution in [3.63, 3.8) is 0 Å². The topological polar surface area (TPSA) is 51.2 Å². The molecule has 0 radical (unpaired) electrons. The van der Waals surface area contributed by atoms with Crippen molar-refractivity contribution in [3.05, 3.63) is 83.4 Å². The van der Waals surface area contributed by atoms with E-state index in [0.29, 0.717) is 12.1 Å². The van der Waals surface area contributed by atoms with Gasteiger partial charge >= 0.3 is 12.4 Å². The fourth-order valence-corrected chi connectivity index (χ4v) is 2.47. The van der Waals surface area contributed by atoms with E-state index in [4.69, 9.17) is 4.74 Å². The Kier molecular flexibility index (Phi) is 5.87. The summed E-state index contributed by atoms with van der Waals surface area (Å²) in [4.78, 5) is 15.6. The van der Waals surface area contributed by atoms with Crippen LogP contribution in [0.4, 0.5) is 36.4 Å². The van der Waals surface area contributed by atoms with Crippen molar-refractivity contribution in [2.24, 2.45) is 0 Å². The third-order valence-electron chi connectivity index (χ3n) is 3.88. The van der Waals surface area contributed by atoms with E-state index in [9.17, 15) is 35.5 Å². The molecule has 3 rings (SSSR count). The van der Waals surface area contributed by atoms with Crippen LogP contribution in [0, 0.1) is 5.82 Å². The molecule has 4 nitrogen and oxygen atoms in total. The minimum absolute atomic E-state index is 0.0117. The molecule has 1 aromatic heterocycles. The molecule has 0 fully saturated rings. The molecule has 3 aromatic rings. The maximum atomic E-state index is 13.6. The molecule has 11 heteroatoms. The second kappa shape index (κ2) is 8.25. The van der Waals surface area contributed by atoms with Gasteiger partial charge in [0.1, 0.15) is 11.5 Å². The van der Waals surface area contributed by atoms with Gasteiger partial charge in [-0.05, 0) is 54.6 Å². The number of halogens is 7. The van der Waals surface area contributed by atoms with E-state index in [1.165, 1.54) is 36.5 Å². The summed E-state index contributed by atoms with van der Waals surface area (Å²) in [6.07, 6.45) is -8.79. The van der Waals surface area contributed by atoms with Gasteiger partial charge < -0.3 is 10.1 Å². The predicted molar refractivity (Wildman–Crippen MR) is 95.1 cm³/mol. The monoisotopic (exact) mass is 444 g/mol. The van der Waals surface area contributed by atoms with Crippen LogP contribution < -0.4 is 10.1 Å². The number of benzene rings is 2. The van der Waals surface area contributed by atoms with Gasteiger partial charge in [-0.1, -0.05) is 0 Å². The maximum absolute atomic E-state index is 13.6. The zero-order chi connectivity index (χ0) is 22.8. The summed E-state index contributed by atoms with van der Waals surface area (Å²) in [5, 5.41) is 2.35. The first kappa shape index (κ1) is 22.1. The lowest BCUT2D eigenvalue weighted by Crippen LogP contribution is -2.15. The van der Waals surface area contributed by atoms with Crippen LogP contribution in [-0.2, 0) is 12.4 Å². The average molecular weight is 444 g/mol. The Bertz CT molecular complexity index is 1060. The van der Waals surface area contributed by atoms with Crippen molar-refractivity contribution in [2.75, 3.05) is 5.32 Å². The van der Waals surface area contributed by atoms with Gasteiger partial charge in [0.25, 0.3) is 5.91 Å². The average Bonchev–Trinajstić information content (AvgIpc) is 2.68. The highest BCUT2D eigenvalue weighted by Crippen LogP contribution is 2.39. The van der Waals surface area contributed by atoms with Crippen LogP contribution in [0.1, 0.15) is 21.6 Å². The van der Waals surface area contributed by atoms with E-state index in [1.54, 1.807) is 0 Å². The normalized spacial score (nSPS) is 11.8. The molecule has 0 spiro atoms. The maximum Gasteiger partial charge on any atom is 0.416 e. The summed E-state index contributed by atoms with van der Waals surface area (Å²) in [5.74, 6) is -2.45. The quantitative estimate of drug-likeness (QED) is 0.481. The van der Waals surface area contributed by atoms with E-state index < -0.39 is 46.6 Å². The highest BCUT2D eigenvalue weighted by atomic mass is 19.4. The number of rotatable bonds is 4. The van der Waals surface area contributed by atoms with Crippen LogP contribution in [0.5, 0.6) is 11.5 Å². The molecule has 0 saturated heterocycles. The van der Waals surface area contributed by atoms with Gasteiger partial charge in [-0.25, -0.2) is 9.37 Å². The Labute approximate surface area is 170 Å². The molecule has 0 saturated carbocycles. The Morgan fingerprint density at radius 1 is 0.839 bits per heavy atom. The van der Waals surface area contributed by atoms with Crippen LogP contribution in [0.3, 0.4) is 0 Å². The minimum atomic E-state index is -5.01. The molecule has 0 atom stereocenters. The van der Waals surface area contributed by atoms with Gasteiger partial charge in [0.2, 0.25) is 0 Å². The Morgan fingerprint density at radius 3 is 1.94 bits per heavy atom. The van der Waals surface area contributed by atoms with E-state index in [2.05, 4.69) is 10.3 Å². The van der Waals surface area contributed by atoms with Crippen LogP contribution >= 0.6 is 0 Å². The zero-order valence-electron chi connectivity index (χ0n) is 15.2. The molecule has 31 heavy (non-hydrogen) atoms. The molecule has 1 amide bonds. The number of carbonyl (C=O) groups excluding carboxylic acids is 1. The van der Waals surface area contributed by atoms with E-state index in [-0.39, 0.29) is 17.5 Å². The lowest BCUT2D eigenvalue weighted by Gasteiger charge is -2.15. The fraction of sp³-hybridized carbons (Fsp3) is 0.100. The molecule has 0 unspecified atom stereocenters. The van der Waals surface area contributed by atoms with Crippen molar-refractivity contribution in [3.8, 4) is 11.5 Å². The molecule has 1 heterocycles. The van der Waals surface area contributed by atoms with Gasteiger partial charge in [-0.15, -0.1) is 0 Å².